The van der Waals surface area contributed by atoms with Crippen LogP contribution >= 0.6 is 15.9 Å². The second kappa shape index (κ2) is 18.0. The van der Waals surface area contributed by atoms with E-state index >= 15 is 0 Å². The van der Waals surface area contributed by atoms with Gasteiger partial charge in [0.25, 0.3) is 0 Å². The Labute approximate surface area is 300 Å². The van der Waals surface area contributed by atoms with Crippen LogP contribution in [0.3, 0.4) is 0 Å². The Morgan fingerprint density at radius 2 is 0.820 bits per heavy atom. The van der Waals surface area contributed by atoms with E-state index in [-0.39, 0.29) is 16.7 Å². The molecule has 0 saturated carbocycles. The smallest absolute Gasteiger partial charge is 0.537 e. The highest BCUT2D eigenvalue weighted by molar-refractivity contribution is 9.10. The largest absolute Gasteiger partial charge is 0.569 e. The Morgan fingerprint density at radius 3 is 1.10 bits per heavy atom. The highest BCUT2D eigenvalue weighted by Crippen LogP contribution is 2.34. The minimum absolute atomic E-state index is 0.0254. The SMILES string of the molecule is Nc1cccc(-c2cc(-c3cccc(N)c3)cc(-c3cccc(N)c3)c2)c1.Nc1cccc(Br)c1.O[B]Oc1cc(B(O)O)cc(B(O)O)c1. The average molecular weight is 732 g/mol. The first-order chi connectivity index (χ1) is 23.9. The van der Waals surface area contributed by atoms with Crippen LogP contribution in [0.5, 0.6) is 5.75 Å². The number of hydrogen-bond donors (Lipinski definition) is 9. The maximum Gasteiger partial charge on any atom is 0.569 e. The summed E-state index contributed by atoms with van der Waals surface area (Å²) in [6.45, 7) is 0. The summed E-state index contributed by atoms with van der Waals surface area (Å²) in [5.74, 6) is 0.0613. The maximum absolute atomic E-state index is 8.89. The van der Waals surface area contributed by atoms with Crippen molar-refractivity contribution in [2.75, 3.05) is 22.9 Å². The zero-order chi connectivity index (χ0) is 36.2. The third kappa shape index (κ3) is 11.2. The first kappa shape index (κ1) is 37.6. The summed E-state index contributed by atoms with van der Waals surface area (Å²) in [4.78, 5) is 0. The van der Waals surface area contributed by atoms with Crippen LogP contribution in [-0.4, -0.2) is 47.0 Å². The Hall–Kier alpha value is -5.21. The van der Waals surface area contributed by atoms with Crippen molar-refractivity contribution in [3.63, 3.8) is 0 Å². The highest BCUT2D eigenvalue weighted by Gasteiger charge is 2.19. The standard InChI is InChI=1S/C24H21N3.C6H8B3O6.C6H6BrN/c25-22-7-1-4-16(13-22)19-10-20(17-5-2-8-23(26)14-17)12-21(11-19)18-6-3-9-24(27)15-18;10-7-15-6-2-4(8(11)12)1-5(3-6)9(13)14;7-5-2-1-3-6(8)4-5/h1-15H,25-27H2;1-3,10-14H;1-4H,8H2. The van der Waals surface area contributed by atoms with E-state index < -0.39 is 14.2 Å². The van der Waals surface area contributed by atoms with Gasteiger partial charge in [-0.2, -0.15) is 0 Å². The summed E-state index contributed by atoms with van der Waals surface area (Å²) < 4.78 is 5.60. The van der Waals surface area contributed by atoms with Gasteiger partial charge >= 0.3 is 21.9 Å². The quantitative estimate of drug-likeness (QED) is 0.0862. The predicted octanol–water partition coefficient (Wildman–Crippen LogP) is 3.42. The first-order valence-electron chi connectivity index (χ1n) is 15.2. The topological polar surface area (TPSA) is 214 Å². The van der Waals surface area contributed by atoms with Crippen molar-refractivity contribution in [1.29, 1.82) is 0 Å². The molecule has 0 aliphatic heterocycles. The maximum atomic E-state index is 8.89. The fraction of sp³-hybridized carbons (Fsp3) is 0. The molecular weight excluding hydrogens is 697 g/mol. The lowest BCUT2D eigenvalue weighted by Crippen LogP contribution is -2.38. The molecule has 1 radical (unpaired) electrons. The van der Waals surface area contributed by atoms with Crippen molar-refractivity contribution in [1.82, 2.24) is 0 Å². The molecule has 6 aromatic rings. The van der Waals surface area contributed by atoms with Gasteiger partial charge in [0.15, 0.2) is 0 Å². The van der Waals surface area contributed by atoms with E-state index in [1.165, 1.54) is 18.2 Å². The van der Waals surface area contributed by atoms with E-state index in [9.17, 15) is 0 Å². The predicted molar refractivity (Wildman–Crippen MR) is 209 cm³/mol. The number of hydrogen-bond acceptors (Lipinski definition) is 10. The molecule has 0 saturated heterocycles. The van der Waals surface area contributed by atoms with Gasteiger partial charge in [-0.15, -0.1) is 0 Å². The first-order valence-corrected chi connectivity index (χ1v) is 15.9. The van der Waals surface area contributed by atoms with Gasteiger partial charge in [0, 0.05) is 27.2 Å². The van der Waals surface area contributed by atoms with Gasteiger partial charge < -0.3 is 52.7 Å². The molecule has 13 N–H and O–H groups in total. The van der Waals surface area contributed by atoms with Gasteiger partial charge in [-0.25, -0.2) is 0 Å². The van der Waals surface area contributed by atoms with Gasteiger partial charge in [-0.05, 0) is 129 Å². The number of benzene rings is 6. The van der Waals surface area contributed by atoms with Crippen LogP contribution in [0.25, 0.3) is 33.4 Å². The molecule has 50 heavy (non-hydrogen) atoms. The Kier molecular flexibility index (Phi) is 13.5. The van der Waals surface area contributed by atoms with E-state index in [2.05, 4.69) is 57.0 Å². The van der Waals surface area contributed by atoms with E-state index in [4.69, 9.17) is 48.1 Å². The fourth-order valence-electron chi connectivity index (χ4n) is 4.86. The van der Waals surface area contributed by atoms with Gasteiger partial charge in [0.2, 0.25) is 0 Å². The highest BCUT2D eigenvalue weighted by atomic mass is 79.9. The van der Waals surface area contributed by atoms with Crippen molar-refractivity contribution >= 4 is 71.5 Å². The van der Waals surface area contributed by atoms with Crippen LogP contribution in [0.1, 0.15) is 0 Å². The van der Waals surface area contributed by atoms with Gasteiger partial charge in [-0.1, -0.05) is 64.5 Å². The fourth-order valence-corrected chi connectivity index (χ4v) is 5.28. The molecule has 0 bridgehead atoms. The minimum Gasteiger partial charge on any atom is -0.537 e. The second-order valence-corrected chi connectivity index (χ2v) is 12.0. The van der Waals surface area contributed by atoms with E-state index in [1.54, 1.807) is 0 Å². The van der Waals surface area contributed by atoms with Crippen LogP contribution < -0.4 is 38.5 Å². The van der Waals surface area contributed by atoms with Crippen LogP contribution in [0.4, 0.5) is 22.7 Å². The second-order valence-electron chi connectivity index (χ2n) is 11.0. The lowest BCUT2D eigenvalue weighted by atomic mass is 9.73. The molecule has 14 heteroatoms. The average Bonchev–Trinajstić information content (AvgIpc) is 3.08. The third-order valence-corrected chi connectivity index (χ3v) is 7.67. The number of rotatable bonds is 7. The Bertz CT molecular complexity index is 1840. The van der Waals surface area contributed by atoms with E-state index in [0.29, 0.717) is 7.69 Å². The summed E-state index contributed by atoms with van der Waals surface area (Å²) >= 11 is 3.28. The van der Waals surface area contributed by atoms with Gasteiger partial charge in [0.1, 0.15) is 0 Å². The number of nitrogen functional groups attached to an aromatic ring is 4. The summed E-state index contributed by atoms with van der Waals surface area (Å²) in [7, 11) is -3.12. The zero-order valence-electron chi connectivity index (χ0n) is 26.8. The molecule has 0 fully saturated rings. The van der Waals surface area contributed by atoms with Crippen molar-refractivity contribution in [2.24, 2.45) is 0 Å². The molecule has 0 atom stereocenters. The molecule has 0 aromatic heterocycles. The molecule has 10 nitrogen and oxygen atoms in total. The number of halogens is 1. The molecule has 0 unspecified atom stereocenters. The van der Waals surface area contributed by atoms with Crippen molar-refractivity contribution in [3.8, 4) is 39.1 Å². The summed E-state index contributed by atoms with van der Waals surface area (Å²) in [6, 6.07) is 41.5. The van der Waals surface area contributed by atoms with Crippen molar-refractivity contribution in [2.45, 2.75) is 0 Å². The zero-order valence-corrected chi connectivity index (χ0v) is 28.4. The molecule has 251 valence electrons. The summed E-state index contributed by atoms with van der Waals surface area (Å²) in [5.41, 5.74) is 33.0. The lowest BCUT2D eigenvalue weighted by molar-refractivity contribution is 0.423. The van der Waals surface area contributed by atoms with Crippen molar-refractivity contribution < 1.29 is 29.8 Å². The number of anilines is 4. The van der Waals surface area contributed by atoms with E-state index in [1.807, 2.05) is 78.9 Å². The third-order valence-electron chi connectivity index (χ3n) is 7.18. The number of nitrogens with two attached hydrogens (primary N) is 4. The normalized spacial score (nSPS) is 10.1. The van der Waals surface area contributed by atoms with Gasteiger partial charge in [-0.3, -0.25) is 0 Å². The molecule has 0 spiro atoms. The molecular formula is C36H35B3BrN4O6. The van der Waals surface area contributed by atoms with Crippen LogP contribution in [0.15, 0.2) is 138 Å². The summed E-state index contributed by atoms with van der Waals surface area (Å²) in [6.07, 6.45) is 0. The monoisotopic (exact) mass is 731 g/mol. The van der Waals surface area contributed by atoms with Crippen molar-refractivity contribution in [3.05, 3.63) is 138 Å². The van der Waals surface area contributed by atoms with Crippen LogP contribution in [-0.2, 0) is 0 Å². The van der Waals surface area contributed by atoms with Crippen LogP contribution in [0.2, 0.25) is 0 Å². The lowest BCUT2D eigenvalue weighted by Gasteiger charge is -2.12. The Balaban J connectivity index is 0.000000204. The minimum atomic E-state index is -1.76. The molecule has 0 aliphatic rings. The molecule has 6 rings (SSSR count). The molecule has 6 aromatic carbocycles. The molecule has 0 heterocycles. The molecule has 0 aliphatic carbocycles. The molecule has 0 amide bonds. The van der Waals surface area contributed by atoms with E-state index in [0.717, 1.165) is 60.6 Å². The summed E-state index contributed by atoms with van der Waals surface area (Å²) in [5, 5.41) is 43.9. The van der Waals surface area contributed by atoms with Gasteiger partial charge in [0.05, 0.1) is 5.75 Å². The Morgan fingerprint density at radius 1 is 0.460 bits per heavy atom. The van der Waals surface area contributed by atoms with Crippen LogP contribution in [0, 0.1) is 0 Å².